The summed E-state index contributed by atoms with van der Waals surface area (Å²) in [6.45, 7) is 2.45. The molecule has 286 valence electrons. The van der Waals surface area contributed by atoms with Gasteiger partial charge >= 0.3 is 0 Å². The Morgan fingerprint density at radius 1 is 0.712 bits per heavy atom. The minimum Gasteiger partial charge on any atom is -0.341 e. The van der Waals surface area contributed by atoms with Crippen LogP contribution in [0.15, 0.2) is 156 Å². The Labute approximate surface area is 346 Å². The molecule has 4 aromatic carbocycles. The van der Waals surface area contributed by atoms with Gasteiger partial charge in [-0.1, -0.05) is 128 Å². The molecule has 5 unspecified atom stereocenters. The van der Waals surface area contributed by atoms with Gasteiger partial charge in [-0.15, -0.1) is 0 Å². The van der Waals surface area contributed by atoms with Crippen LogP contribution in [0.3, 0.4) is 0 Å². The van der Waals surface area contributed by atoms with Crippen LogP contribution in [-0.2, 0) is 0 Å². The maximum atomic E-state index is 4.90. The molecule has 7 atom stereocenters. The molecule has 1 saturated carbocycles. The second-order valence-corrected chi connectivity index (χ2v) is 18.3. The molecular formula is C56H47N3. The Balaban J connectivity index is 0.768. The topological polar surface area (TPSA) is 29.0 Å². The molecule has 1 fully saturated rings. The van der Waals surface area contributed by atoms with Crippen molar-refractivity contribution in [1.29, 1.82) is 0 Å². The van der Waals surface area contributed by atoms with Crippen molar-refractivity contribution in [2.75, 3.05) is 0 Å². The van der Waals surface area contributed by atoms with Crippen LogP contribution in [0.2, 0.25) is 0 Å². The lowest BCUT2D eigenvalue weighted by molar-refractivity contribution is 0.225. The van der Waals surface area contributed by atoms with Gasteiger partial charge in [0.25, 0.3) is 0 Å². The predicted octanol–water partition coefficient (Wildman–Crippen LogP) is 11.5. The standard InChI is InChI=1S/C56H47N3/c1-33-8-6-14-47-44-11-4-5-15-52(44)59(56(33)47)43-23-22-40-28-39(20-21-41(40)30-43)38-19-18-36-26-35(16-17-37(36)27-38)34-9-7-10-42(29-34)48-31-51-53(50-32-49(48)50)45-12-2-3-13-46(45)54-55(51)58-25-24-57-54/h2-4,6-7,9-14,17-20,22-31,33,35,41,47,49-50,56H,5,8,15-16,21,32H2,1H3/t33-,35?,41?,47?,49?,50?,56-/m1/s1. The molecule has 0 N–H and O–H groups in total. The van der Waals surface area contributed by atoms with Crippen LogP contribution < -0.4 is 10.4 Å². The summed E-state index contributed by atoms with van der Waals surface area (Å²) in [5.74, 6) is 3.07. The first-order valence-electron chi connectivity index (χ1n) is 22.1. The zero-order valence-corrected chi connectivity index (χ0v) is 33.6. The van der Waals surface area contributed by atoms with Crippen molar-refractivity contribution >= 4 is 51.2 Å². The first-order chi connectivity index (χ1) is 29.1. The van der Waals surface area contributed by atoms with E-state index in [1.165, 1.54) is 84.3 Å². The van der Waals surface area contributed by atoms with Crippen molar-refractivity contribution in [2.45, 2.75) is 63.3 Å². The van der Waals surface area contributed by atoms with E-state index in [-0.39, 0.29) is 0 Å². The molecule has 0 amide bonds. The molecular weight excluding hydrogens is 715 g/mol. The molecule has 1 aliphatic heterocycles. The molecule has 0 bridgehead atoms. The second kappa shape index (κ2) is 13.0. The van der Waals surface area contributed by atoms with Gasteiger partial charge in [0.2, 0.25) is 0 Å². The van der Waals surface area contributed by atoms with E-state index < -0.39 is 0 Å². The van der Waals surface area contributed by atoms with Crippen LogP contribution in [0, 0.1) is 23.7 Å². The molecule has 0 saturated heterocycles. The molecule has 0 radical (unpaired) electrons. The summed E-state index contributed by atoms with van der Waals surface area (Å²) in [6.07, 6.45) is 39.9. The summed E-state index contributed by atoms with van der Waals surface area (Å²) in [6, 6.07) is 25.9. The Hall–Kier alpha value is -6.06. The number of hydrogen-bond donors (Lipinski definition) is 0. The number of nitrogens with zero attached hydrogens (tertiary/aromatic N) is 3. The highest BCUT2D eigenvalue weighted by Gasteiger charge is 2.47. The quantitative estimate of drug-likeness (QED) is 0.135. The van der Waals surface area contributed by atoms with Gasteiger partial charge in [0, 0.05) is 58.5 Å². The molecule has 59 heavy (non-hydrogen) atoms. The van der Waals surface area contributed by atoms with Crippen molar-refractivity contribution < 1.29 is 0 Å². The fourth-order valence-electron chi connectivity index (χ4n) is 12.1. The van der Waals surface area contributed by atoms with Crippen LogP contribution in [0.5, 0.6) is 0 Å². The van der Waals surface area contributed by atoms with E-state index in [2.05, 4.69) is 151 Å². The molecule has 3 nitrogen and oxygen atoms in total. The minimum atomic E-state index is 0.357. The van der Waals surface area contributed by atoms with E-state index in [1.807, 2.05) is 12.4 Å². The third-order valence-electron chi connectivity index (χ3n) is 15.0. The summed E-state index contributed by atoms with van der Waals surface area (Å²) in [5.41, 5.74) is 17.7. The van der Waals surface area contributed by atoms with Gasteiger partial charge in [0.1, 0.15) is 0 Å². The number of hydrogen-bond acceptors (Lipinski definition) is 3. The van der Waals surface area contributed by atoms with Gasteiger partial charge in [-0.05, 0) is 135 Å². The number of fused-ring (bicyclic) bond motifs is 12. The number of benzene rings is 4. The van der Waals surface area contributed by atoms with Crippen molar-refractivity contribution in [1.82, 2.24) is 14.9 Å². The van der Waals surface area contributed by atoms with Gasteiger partial charge in [-0.3, -0.25) is 9.97 Å². The van der Waals surface area contributed by atoms with Crippen LogP contribution in [-0.4, -0.2) is 20.9 Å². The van der Waals surface area contributed by atoms with Gasteiger partial charge in [-0.25, -0.2) is 0 Å². The van der Waals surface area contributed by atoms with Crippen LogP contribution >= 0.6 is 0 Å². The van der Waals surface area contributed by atoms with Crippen molar-refractivity contribution in [3.63, 3.8) is 0 Å². The van der Waals surface area contributed by atoms with Gasteiger partial charge in [0.15, 0.2) is 0 Å². The van der Waals surface area contributed by atoms with E-state index >= 15 is 0 Å². The van der Waals surface area contributed by atoms with Crippen LogP contribution in [0.4, 0.5) is 0 Å². The summed E-state index contributed by atoms with van der Waals surface area (Å²) in [5, 5.41) is 5.26. The Kier molecular flexibility index (Phi) is 7.44. The molecule has 0 spiro atoms. The fourth-order valence-corrected chi connectivity index (χ4v) is 12.1. The maximum absolute atomic E-state index is 4.90. The van der Waals surface area contributed by atoms with Crippen molar-refractivity contribution in [2.24, 2.45) is 23.7 Å². The average molecular weight is 762 g/mol. The number of aromatic nitrogens is 2. The highest BCUT2D eigenvalue weighted by molar-refractivity contribution is 6.12. The van der Waals surface area contributed by atoms with Gasteiger partial charge < -0.3 is 4.90 Å². The van der Waals surface area contributed by atoms with E-state index in [9.17, 15) is 0 Å². The number of rotatable bonds is 4. The predicted molar refractivity (Wildman–Crippen MR) is 243 cm³/mol. The first kappa shape index (κ1) is 33.9. The Bertz CT molecular complexity index is 3070. The monoisotopic (exact) mass is 761 g/mol. The SMILES string of the molecule is C[C@@H]1CC=CC2C3=C(CCC=C3)N(C3=CC4CC=C(c5ccc6c(c5)=CCC(c5cccc(C7=Cc8c(c9ccccc9c9nccnc89)C8CC78)c5)C=6)C=C4C=C3)[C@@H]21. The minimum absolute atomic E-state index is 0.357. The zero-order chi connectivity index (χ0) is 38.8. The second-order valence-electron chi connectivity index (χ2n) is 18.3. The van der Waals surface area contributed by atoms with Crippen LogP contribution in [0.25, 0.3) is 51.2 Å². The number of allylic oxidation sites excluding steroid dienone is 12. The van der Waals surface area contributed by atoms with E-state index in [4.69, 9.17) is 9.97 Å². The smallest absolute Gasteiger partial charge is 0.0971 e. The summed E-state index contributed by atoms with van der Waals surface area (Å²) in [4.78, 5) is 12.5. The Morgan fingerprint density at radius 3 is 2.56 bits per heavy atom. The summed E-state index contributed by atoms with van der Waals surface area (Å²) >= 11 is 0. The van der Waals surface area contributed by atoms with Gasteiger partial charge in [-0.2, -0.15) is 0 Å². The van der Waals surface area contributed by atoms with E-state index in [0.29, 0.717) is 41.5 Å². The lowest BCUT2D eigenvalue weighted by Gasteiger charge is -2.39. The van der Waals surface area contributed by atoms with E-state index in [0.717, 1.165) is 36.7 Å². The molecule has 7 aliphatic carbocycles. The lowest BCUT2D eigenvalue weighted by Crippen LogP contribution is -2.39. The summed E-state index contributed by atoms with van der Waals surface area (Å²) < 4.78 is 0. The summed E-state index contributed by atoms with van der Waals surface area (Å²) in [7, 11) is 0. The normalized spacial score (nSPS) is 28.2. The van der Waals surface area contributed by atoms with Crippen molar-refractivity contribution in [3.05, 3.63) is 195 Å². The third kappa shape index (κ3) is 5.26. The van der Waals surface area contributed by atoms with Crippen LogP contribution in [0.1, 0.15) is 85.1 Å². The third-order valence-corrected chi connectivity index (χ3v) is 15.0. The van der Waals surface area contributed by atoms with Crippen molar-refractivity contribution in [3.8, 4) is 0 Å². The molecule has 5 aromatic rings. The molecule has 1 aromatic heterocycles. The largest absolute Gasteiger partial charge is 0.341 e. The fraction of sp³-hybridized carbons (Fsp3) is 0.250. The average Bonchev–Trinajstić information content (AvgIpc) is 4.03. The highest BCUT2D eigenvalue weighted by Crippen LogP contribution is 2.61. The maximum Gasteiger partial charge on any atom is 0.0971 e. The molecule has 2 heterocycles. The first-order valence-corrected chi connectivity index (χ1v) is 22.1. The molecule has 8 aliphatic rings. The zero-order valence-electron chi connectivity index (χ0n) is 33.6. The van der Waals surface area contributed by atoms with E-state index in [1.54, 1.807) is 11.3 Å². The van der Waals surface area contributed by atoms with Gasteiger partial charge in [0.05, 0.1) is 11.0 Å². The highest BCUT2D eigenvalue weighted by atomic mass is 15.2. The Morgan fingerprint density at radius 2 is 1.61 bits per heavy atom. The lowest BCUT2D eigenvalue weighted by atomic mass is 9.79. The molecule has 3 heteroatoms. The molecule has 13 rings (SSSR count).